The van der Waals surface area contributed by atoms with Gasteiger partial charge in [0.25, 0.3) is 0 Å². The van der Waals surface area contributed by atoms with Crippen molar-refractivity contribution in [2.75, 3.05) is 0 Å². The molecule has 0 aliphatic rings. The van der Waals surface area contributed by atoms with Crippen molar-refractivity contribution in [3.05, 3.63) is 34.9 Å². The van der Waals surface area contributed by atoms with Gasteiger partial charge in [-0.25, -0.2) is 0 Å². The molecule has 0 spiro atoms. The van der Waals surface area contributed by atoms with Crippen LogP contribution < -0.4 is 0 Å². The van der Waals surface area contributed by atoms with Gasteiger partial charge in [0.15, 0.2) is 0 Å². The zero-order valence-electron chi connectivity index (χ0n) is 13.3. The molecule has 0 saturated carbocycles. The Balaban J connectivity index is 2.33. The molecule has 0 atom stereocenters. The summed E-state index contributed by atoms with van der Waals surface area (Å²) >= 11 is 0. The summed E-state index contributed by atoms with van der Waals surface area (Å²) in [5.41, 5.74) is 4.79. The normalized spacial score (nSPS) is 10.9. The first-order chi connectivity index (χ1) is 9.33. The topological polar surface area (TPSA) is 0 Å². The van der Waals surface area contributed by atoms with Gasteiger partial charge in [0.1, 0.15) is 0 Å². The minimum atomic E-state index is 1.17. The summed E-state index contributed by atoms with van der Waals surface area (Å²) in [5.74, 6) is 0. The SMILES string of the molecule is CCCCCCCCCc1cccc(CC)c1CC. The van der Waals surface area contributed by atoms with Gasteiger partial charge in [0.2, 0.25) is 0 Å². The van der Waals surface area contributed by atoms with Gasteiger partial charge in [0, 0.05) is 0 Å². The molecule has 0 saturated heterocycles. The minimum Gasteiger partial charge on any atom is -0.0654 e. The van der Waals surface area contributed by atoms with Crippen molar-refractivity contribution in [2.24, 2.45) is 0 Å². The van der Waals surface area contributed by atoms with Gasteiger partial charge < -0.3 is 0 Å². The fraction of sp³-hybridized carbons (Fsp3) is 0.684. The summed E-state index contributed by atoms with van der Waals surface area (Å²) in [4.78, 5) is 0. The molecule has 1 rings (SSSR count). The lowest BCUT2D eigenvalue weighted by atomic mass is 9.93. The van der Waals surface area contributed by atoms with Crippen molar-refractivity contribution in [1.29, 1.82) is 0 Å². The third-order valence-electron chi connectivity index (χ3n) is 4.15. The Hall–Kier alpha value is -0.780. The van der Waals surface area contributed by atoms with Crippen molar-refractivity contribution in [2.45, 2.75) is 85.0 Å². The number of hydrogen-bond donors (Lipinski definition) is 0. The van der Waals surface area contributed by atoms with Crippen LogP contribution >= 0.6 is 0 Å². The van der Waals surface area contributed by atoms with Crippen LogP contribution in [0.4, 0.5) is 0 Å². The predicted octanol–water partition coefficient (Wildman–Crippen LogP) is 6.10. The molecule has 0 heteroatoms. The summed E-state index contributed by atoms with van der Waals surface area (Å²) in [7, 11) is 0. The lowest BCUT2D eigenvalue weighted by Crippen LogP contribution is -1.98. The van der Waals surface area contributed by atoms with Gasteiger partial charge in [-0.3, -0.25) is 0 Å². The Morgan fingerprint density at radius 1 is 0.684 bits per heavy atom. The van der Waals surface area contributed by atoms with E-state index in [-0.39, 0.29) is 0 Å². The second-order valence-electron chi connectivity index (χ2n) is 5.63. The summed E-state index contributed by atoms with van der Waals surface area (Å²) in [5, 5.41) is 0. The Bertz CT molecular complexity index is 338. The fourth-order valence-corrected chi connectivity index (χ4v) is 2.98. The van der Waals surface area contributed by atoms with Gasteiger partial charge in [-0.1, -0.05) is 77.5 Å². The van der Waals surface area contributed by atoms with Crippen LogP contribution in [-0.4, -0.2) is 0 Å². The van der Waals surface area contributed by atoms with E-state index in [0.717, 1.165) is 0 Å². The molecule has 0 unspecified atom stereocenters. The van der Waals surface area contributed by atoms with Gasteiger partial charge >= 0.3 is 0 Å². The summed E-state index contributed by atoms with van der Waals surface area (Å²) in [6, 6.07) is 6.89. The number of unbranched alkanes of at least 4 members (excludes halogenated alkanes) is 6. The molecule has 0 aromatic heterocycles. The van der Waals surface area contributed by atoms with Crippen LogP contribution in [0.3, 0.4) is 0 Å². The van der Waals surface area contributed by atoms with E-state index >= 15 is 0 Å². The highest BCUT2D eigenvalue weighted by molar-refractivity contribution is 5.35. The largest absolute Gasteiger partial charge is 0.0654 e. The molecule has 0 aliphatic carbocycles. The molecule has 0 heterocycles. The van der Waals surface area contributed by atoms with Gasteiger partial charge in [0.05, 0.1) is 0 Å². The van der Waals surface area contributed by atoms with Gasteiger partial charge in [-0.15, -0.1) is 0 Å². The molecule has 1 aromatic carbocycles. The zero-order valence-corrected chi connectivity index (χ0v) is 13.3. The van der Waals surface area contributed by atoms with Crippen LogP contribution in [0.2, 0.25) is 0 Å². The van der Waals surface area contributed by atoms with Crippen LogP contribution in [0.15, 0.2) is 18.2 Å². The first kappa shape index (κ1) is 16.3. The third kappa shape index (κ3) is 5.80. The highest BCUT2D eigenvalue weighted by atomic mass is 14.1. The zero-order chi connectivity index (χ0) is 13.9. The lowest BCUT2D eigenvalue weighted by Gasteiger charge is -2.12. The van der Waals surface area contributed by atoms with Crippen LogP contribution in [0.5, 0.6) is 0 Å². The monoisotopic (exact) mass is 260 g/mol. The number of hydrogen-bond acceptors (Lipinski definition) is 0. The van der Waals surface area contributed by atoms with Crippen LogP contribution in [-0.2, 0) is 19.3 Å². The average Bonchev–Trinajstić information content (AvgIpc) is 2.45. The van der Waals surface area contributed by atoms with E-state index in [9.17, 15) is 0 Å². The van der Waals surface area contributed by atoms with Gasteiger partial charge in [-0.2, -0.15) is 0 Å². The van der Waals surface area contributed by atoms with Crippen LogP contribution in [0, 0.1) is 0 Å². The summed E-state index contributed by atoms with van der Waals surface area (Å²) in [6.45, 7) is 6.85. The van der Waals surface area contributed by atoms with Crippen molar-refractivity contribution >= 4 is 0 Å². The smallest absolute Gasteiger partial charge is 0.0276 e. The first-order valence-electron chi connectivity index (χ1n) is 8.43. The van der Waals surface area contributed by atoms with E-state index in [2.05, 4.69) is 39.0 Å². The molecule has 0 fully saturated rings. The molecule has 19 heavy (non-hydrogen) atoms. The molecule has 0 amide bonds. The summed E-state index contributed by atoms with van der Waals surface area (Å²) < 4.78 is 0. The van der Waals surface area contributed by atoms with E-state index in [1.807, 2.05) is 0 Å². The molecular weight excluding hydrogens is 228 g/mol. The highest BCUT2D eigenvalue weighted by Crippen LogP contribution is 2.19. The predicted molar refractivity (Wildman–Crippen MR) is 86.9 cm³/mol. The lowest BCUT2D eigenvalue weighted by molar-refractivity contribution is 0.588. The Labute approximate surface area is 120 Å². The van der Waals surface area contributed by atoms with Crippen molar-refractivity contribution in [3.8, 4) is 0 Å². The summed E-state index contributed by atoms with van der Waals surface area (Å²) in [6.07, 6.45) is 13.5. The van der Waals surface area contributed by atoms with E-state index < -0.39 is 0 Å². The Morgan fingerprint density at radius 2 is 1.32 bits per heavy atom. The molecule has 108 valence electrons. The average molecular weight is 260 g/mol. The van der Waals surface area contributed by atoms with E-state index in [4.69, 9.17) is 0 Å². The molecule has 0 N–H and O–H groups in total. The third-order valence-corrected chi connectivity index (χ3v) is 4.15. The van der Waals surface area contributed by atoms with Crippen LogP contribution in [0.25, 0.3) is 0 Å². The maximum Gasteiger partial charge on any atom is -0.0276 e. The maximum absolute atomic E-state index is 2.34. The van der Waals surface area contributed by atoms with Crippen molar-refractivity contribution in [3.63, 3.8) is 0 Å². The van der Waals surface area contributed by atoms with Crippen molar-refractivity contribution in [1.82, 2.24) is 0 Å². The number of rotatable bonds is 10. The molecular formula is C19H32. The Kier molecular flexibility index (Phi) is 8.62. The molecule has 1 aromatic rings. The number of benzene rings is 1. The minimum absolute atomic E-state index is 1.17. The first-order valence-corrected chi connectivity index (χ1v) is 8.43. The second kappa shape index (κ2) is 10.1. The van der Waals surface area contributed by atoms with Crippen LogP contribution in [0.1, 0.15) is 82.4 Å². The number of aryl methyl sites for hydroxylation is 2. The Morgan fingerprint density at radius 3 is 1.95 bits per heavy atom. The molecule has 0 aliphatic heterocycles. The van der Waals surface area contributed by atoms with E-state index in [1.165, 1.54) is 64.2 Å². The molecule has 0 radical (unpaired) electrons. The molecule has 0 nitrogen and oxygen atoms in total. The molecule has 0 bridgehead atoms. The van der Waals surface area contributed by atoms with E-state index in [0.29, 0.717) is 0 Å². The quantitative estimate of drug-likeness (QED) is 0.446. The van der Waals surface area contributed by atoms with Crippen molar-refractivity contribution < 1.29 is 0 Å². The van der Waals surface area contributed by atoms with Gasteiger partial charge in [-0.05, 0) is 42.4 Å². The standard InChI is InChI=1S/C19H32/c1-4-7-8-9-10-11-12-14-18-16-13-15-17(5-2)19(18)6-3/h13,15-16H,4-12,14H2,1-3H3. The fourth-order valence-electron chi connectivity index (χ4n) is 2.98. The maximum atomic E-state index is 2.34. The highest BCUT2D eigenvalue weighted by Gasteiger charge is 2.04. The van der Waals surface area contributed by atoms with E-state index in [1.54, 1.807) is 16.7 Å². The second-order valence-corrected chi connectivity index (χ2v) is 5.63.